The molecule has 0 aliphatic carbocycles. The highest BCUT2D eigenvalue weighted by Crippen LogP contribution is 2.24. The van der Waals surface area contributed by atoms with Crippen molar-refractivity contribution in [3.8, 4) is 5.69 Å². The molecular weight excluding hydrogens is 464 g/mol. The summed E-state index contributed by atoms with van der Waals surface area (Å²) in [6, 6.07) is 20.1. The summed E-state index contributed by atoms with van der Waals surface area (Å²) in [5.74, 6) is 0.340. The number of piperazine rings is 1. The quantitative estimate of drug-likeness (QED) is 0.300. The molecule has 2 aromatic heterocycles. The van der Waals surface area contributed by atoms with E-state index < -0.39 is 0 Å². The van der Waals surface area contributed by atoms with Crippen molar-refractivity contribution in [3.05, 3.63) is 87.5 Å². The topological polar surface area (TPSA) is 58.4 Å². The molecule has 1 aliphatic rings. The van der Waals surface area contributed by atoms with Gasteiger partial charge in [-0.15, -0.1) is 11.3 Å². The van der Waals surface area contributed by atoms with Crippen LogP contribution in [-0.4, -0.2) is 57.2 Å². The molecule has 174 valence electrons. The molecule has 1 saturated heterocycles. The van der Waals surface area contributed by atoms with Crippen LogP contribution in [0.25, 0.3) is 15.9 Å². The van der Waals surface area contributed by atoms with E-state index in [-0.39, 0.29) is 17.2 Å². The van der Waals surface area contributed by atoms with Gasteiger partial charge in [-0.1, -0.05) is 54.2 Å². The average molecular weight is 491 g/mol. The van der Waals surface area contributed by atoms with Gasteiger partial charge in [0, 0.05) is 32.7 Å². The maximum Gasteiger partial charge on any atom is 0.276 e. The Bertz CT molecular complexity index is 1360. The Morgan fingerprint density at radius 3 is 2.59 bits per heavy atom. The van der Waals surface area contributed by atoms with Crippen molar-refractivity contribution < 1.29 is 4.79 Å². The molecule has 0 radical (unpaired) electrons. The predicted octanol–water partition coefficient (Wildman–Crippen LogP) is 4.19. The zero-order valence-corrected chi connectivity index (χ0v) is 20.6. The number of thiophene rings is 1. The molecule has 1 fully saturated rings. The van der Waals surface area contributed by atoms with Crippen molar-refractivity contribution in [1.82, 2.24) is 19.4 Å². The Hall–Kier alpha value is -2.94. The van der Waals surface area contributed by atoms with Gasteiger partial charge in [-0.2, -0.15) is 0 Å². The van der Waals surface area contributed by atoms with Crippen molar-refractivity contribution in [3.63, 3.8) is 0 Å². The summed E-state index contributed by atoms with van der Waals surface area (Å²) in [6.07, 6.45) is 0. The fourth-order valence-corrected chi connectivity index (χ4v) is 5.87. The normalized spacial score (nSPS) is 14.6. The number of benzene rings is 2. The number of amides is 1. The van der Waals surface area contributed by atoms with E-state index in [4.69, 9.17) is 4.98 Å². The molecule has 1 amide bonds. The largest absolute Gasteiger partial charge is 0.339 e. The van der Waals surface area contributed by atoms with Crippen LogP contribution in [0.15, 0.2) is 76.0 Å². The highest BCUT2D eigenvalue weighted by atomic mass is 32.2. The summed E-state index contributed by atoms with van der Waals surface area (Å²) < 4.78 is 2.27. The number of thioether (sulfide) groups is 1. The number of hydrogen-bond acceptors (Lipinski definition) is 6. The lowest BCUT2D eigenvalue weighted by Gasteiger charge is -2.34. The molecule has 0 atom stereocenters. The van der Waals surface area contributed by atoms with Gasteiger partial charge in [0.15, 0.2) is 5.16 Å². The highest BCUT2D eigenvalue weighted by Gasteiger charge is 2.22. The average Bonchev–Trinajstić information content (AvgIpc) is 3.33. The van der Waals surface area contributed by atoms with Crippen LogP contribution in [0, 0.1) is 6.92 Å². The number of nitrogens with zero attached hydrogens (tertiary/aromatic N) is 4. The minimum atomic E-state index is -0.0879. The van der Waals surface area contributed by atoms with Gasteiger partial charge in [-0.05, 0) is 41.6 Å². The second kappa shape index (κ2) is 10.1. The van der Waals surface area contributed by atoms with E-state index in [0.717, 1.165) is 30.9 Å². The first-order valence-corrected chi connectivity index (χ1v) is 13.2. The van der Waals surface area contributed by atoms with Crippen LogP contribution >= 0.6 is 23.1 Å². The molecule has 1 aliphatic heterocycles. The van der Waals surface area contributed by atoms with E-state index in [1.54, 1.807) is 4.57 Å². The van der Waals surface area contributed by atoms with Gasteiger partial charge >= 0.3 is 0 Å². The number of carbonyl (C=O) groups is 1. The molecule has 0 saturated carbocycles. The van der Waals surface area contributed by atoms with Gasteiger partial charge in [0.1, 0.15) is 4.70 Å². The van der Waals surface area contributed by atoms with Crippen LogP contribution in [-0.2, 0) is 11.3 Å². The summed E-state index contributed by atoms with van der Waals surface area (Å²) in [6.45, 7) is 6.06. The van der Waals surface area contributed by atoms with Crippen LogP contribution < -0.4 is 5.56 Å². The molecule has 6 nitrogen and oxygen atoms in total. The SMILES string of the molecule is Cc1cccc(-n2c(SCC(=O)N3CCN(Cc4ccccc4)CC3)nc3ccsc3c2=O)c1. The molecule has 0 spiro atoms. The maximum atomic E-state index is 13.3. The third-order valence-electron chi connectivity index (χ3n) is 6.01. The fraction of sp³-hybridized carbons (Fsp3) is 0.269. The lowest BCUT2D eigenvalue weighted by atomic mass is 10.2. The maximum absolute atomic E-state index is 13.3. The zero-order valence-electron chi connectivity index (χ0n) is 19.0. The van der Waals surface area contributed by atoms with Crippen LogP contribution in [0.5, 0.6) is 0 Å². The van der Waals surface area contributed by atoms with Crippen molar-refractivity contribution in [2.45, 2.75) is 18.6 Å². The third-order valence-corrected chi connectivity index (χ3v) is 7.82. The molecule has 3 heterocycles. The Balaban J connectivity index is 1.28. The van der Waals surface area contributed by atoms with Crippen LogP contribution in [0.2, 0.25) is 0 Å². The van der Waals surface area contributed by atoms with Crippen LogP contribution in [0.1, 0.15) is 11.1 Å². The lowest BCUT2D eigenvalue weighted by Crippen LogP contribution is -2.48. The van der Waals surface area contributed by atoms with Gasteiger partial charge in [0.25, 0.3) is 5.56 Å². The van der Waals surface area contributed by atoms with Gasteiger partial charge in [0.2, 0.25) is 5.91 Å². The van der Waals surface area contributed by atoms with Crippen molar-refractivity contribution in [2.75, 3.05) is 31.9 Å². The van der Waals surface area contributed by atoms with E-state index in [9.17, 15) is 9.59 Å². The first kappa shape index (κ1) is 22.8. The Kier molecular flexibility index (Phi) is 6.80. The minimum Gasteiger partial charge on any atom is -0.339 e. The Morgan fingerprint density at radius 2 is 1.82 bits per heavy atom. The molecule has 8 heteroatoms. The predicted molar refractivity (Wildman–Crippen MR) is 139 cm³/mol. The number of carbonyl (C=O) groups excluding carboxylic acids is 1. The van der Waals surface area contributed by atoms with Crippen molar-refractivity contribution in [1.29, 1.82) is 0 Å². The van der Waals surface area contributed by atoms with Gasteiger partial charge in [-0.3, -0.25) is 19.1 Å². The van der Waals surface area contributed by atoms with Gasteiger partial charge in [-0.25, -0.2) is 4.98 Å². The van der Waals surface area contributed by atoms with E-state index in [2.05, 4.69) is 29.2 Å². The third kappa shape index (κ3) is 4.94. The molecule has 34 heavy (non-hydrogen) atoms. The molecule has 0 unspecified atom stereocenters. The number of rotatable bonds is 6. The van der Waals surface area contributed by atoms with E-state index in [1.807, 2.05) is 53.6 Å². The first-order valence-electron chi connectivity index (χ1n) is 11.3. The molecule has 2 aromatic carbocycles. The minimum absolute atomic E-state index is 0.0832. The summed E-state index contributed by atoms with van der Waals surface area (Å²) in [5, 5.41) is 2.44. The standard InChI is InChI=1S/C26H26N4O2S2/c1-19-6-5-9-21(16-19)30-25(32)24-22(10-15-33-24)27-26(30)34-18-23(31)29-13-11-28(12-14-29)17-20-7-3-2-4-8-20/h2-10,15-16H,11-14,17-18H2,1H3. The molecule has 5 rings (SSSR count). The van der Waals surface area contributed by atoms with Crippen LogP contribution in [0.3, 0.4) is 0 Å². The monoisotopic (exact) mass is 490 g/mol. The summed E-state index contributed by atoms with van der Waals surface area (Å²) in [7, 11) is 0. The van der Waals surface area contributed by atoms with E-state index >= 15 is 0 Å². The second-order valence-electron chi connectivity index (χ2n) is 8.44. The van der Waals surface area contributed by atoms with Gasteiger partial charge < -0.3 is 4.90 Å². The highest BCUT2D eigenvalue weighted by molar-refractivity contribution is 7.99. The van der Waals surface area contributed by atoms with E-state index in [1.165, 1.54) is 28.7 Å². The number of hydrogen-bond donors (Lipinski definition) is 0. The lowest BCUT2D eigenvalue weighted by molar-refractivity contribution is -0.130. The summed E-state index contributed by atoms with van der Waals surface area (Å²) >= 11 is 2.74. The molecule has 4 aromatic rings. The summed E-state index contributed by atoms with van der Waals surface area (Å²) in [4.78, 5) is 35.3. The second-order valence-corrected chi connectivity index (χ2v) is 10.3. The number of fused-ring (bicyclic) bond motifs is 1. The Morgan fingerprint density at radius 1 is 1.03 bits per heavy atom. The van der Waals surface area contributed by atoms with Crippen LogP contribution in [0.4, 0.5) is 0 Å². The van der Waals surface area contributed by atoms with E-state index in [0.29, 0.717) is 28.5 Å². The van der Waals surface area contributed by atoms with Gasteiger partial charge in [0.05, 0.1) is 17.0 Å². The smallest absolute Gasteiger partial charge is 0.276 e. The fourth-order valence-electron chi connectivity index (χ4n) is 4.20. The number of aryl methyl sites for hydroxylation is 1. The molecule has 0 N–H and O–H groups in total. The number of aromatic nitrogens is 2. The van der Waals surface area contributed by atoms with Crippen molar-refractivity contribution in [2.24, 2.45) is 0 Å². The Labute approximate surface area is 206 Å². The van der Waals surface area contributed by atoms with Crippen molar-refractivity contribution >= 4 is 39.2 Å². The molecular formula is C26H26N4O2S2. The molecule has 0 bridgehead atoms. The zero-order chi connectivity index (χ0) is 23.5. The summed E-state index contributed by atoms with van der Waals surface area (Å²) in [5.41, 5.74) is 3.73. The first-order chi connectivity index (χ1) is 16.6.